The van der Waals surface area contributed by atoms with E-state index >= 15 is 0 Å². The first-order chi connectivity index (χ1) is 23.3. The average molecular weight is 782 g/mol. The molecule has 0 aliphatic carbocycles. The third-order valence-corrected chi connectivity index (χ3v) is 7.24. The molecule has 0 fully saturated rings. The molecule has 2 unspecified atom stereocenters. The molecule has 3 heterocycles. The number of aliphatic hydroxyl groups excluding tert-OH is 1. The third-order valence-electron chi connectivity index (χ3n) is 5.29. The van der Waals surface area contributed by atoms with Crippen molar-refractivity contribution in [3.63, 3.8) is 0 Å². The van der Waals surface area contributed by atoms with E-state index in [1.165, 1.54) is 36.9 Å². The molecule has 2 aromatic rings. The number of ether oxygens (including phenoxy) is 6. The number of quaternary nitrogens is 1. The van der Waals surface area contributed by atoms with Crippen LogP contribution >= 0.6 is 22.7 Å². The van der Waals surface area contributed by atoms with Gasteiger partial charge >= 0.3 is 24.1 Å². The lowest BCUT2D eigenvalue weighted by Gasteiger charge is -2.19. The molecule has 0 radical (unpaired) electrons. The topological polar surface area (TPSA) is 258 Å². The van der Waals surface area contributed by atoms with Crippen molar-refractivity contribution in [2.75, 3.05) is 47.1 Å². The molecule has 51 heavy (non-hydrogen) atoms. The predicted molar refractivity (Wildman–Crippen MR) is 184 cm³/mol. The number of halogens is 1. The number of aromatic nitrogens is 2. The number of aliphatic imine (C=N–C) groups is 1. The summed E-state index contributed by atoms with van der Waals surface area (Å²) >= 11 is 2.61. The number of amides is 2. The molecule has 288 valence electrons. The van der Waals surface area contributed by atoms with Gasteiger partial charge in [0.25, 0.3) is 0 Å². The van der Waals surface area contributed by atoms with Crippen LogP contribution in [0.5, 0.6) is 0 Å². The van der Waals surface area contributed by atoms with Crippen LogP contribution in [0.1, 0.15) is 91.5 Å². The van der Waals surface area contributed by atoms with Crippen LogP contribution in [0.2, 0.25) is 0 Å². The summed E-state index contributed by atoms with van der Waals surface area (Å²) in [6.07, 6.45) is -1.07. The molecule has 2 aromatic heterocycles. The lowest BCUT2D eigenvalue weighted by molar-refractivity contribution is -0.432. The molecule has 0 aromatic carbocycles. The molecule has 2 atom stereocenters. The van der Waals surface area contributed by atoms with Crippen LogP contribution in [0.15, 0.2) is 15.8 Å². The highest BCUT2D eigenvalue weighted by atomic mass is 35.5. The molecule has 2 amide bonds. The van der Waals surface area contributed by atoms with Gasteiger partial charge in [-0.2, -0.15) is 0 Å². The average Bonchev–Trinajstić information content (AvgIpc) is 3.82. The number of nitrogens with zero attached hydrogens (tertiary/aromatic N) is 3. The van der Waals surface area contributed by atoms with Gasteiger partial charge in [-0.3, -0.25) is 5.41 Å². The van der Waals surface area contributed by atoms with Gasteiger partial charge in [-0.1, -0.05) is 0 Å². The highest BCUT2D eigenvalue weighted by molar-refractivity contribution is 7.10. The highest BCUT2D eigenvalue weighted by Gasteiger charge is 2.26. The van der Waals surface area contributed by atoms with Crippen molar-refractivity contribution in [1.82, 2.24) is 20.6 Å². The summed E-state index contributed by atoms with van der Waals surface area (Å²) in [6, 6.07) is -0.558. The van der Waals surface area contributed by atoms with E-state index in [9.17, 15) is 19.2 Å². The molecule has 1 aliphatic heterocycles. The van der Waals surface area contributed by atoms with Crippen molar-refractivity contribution in [3.8, 4) is 0 Å². The van der Waals surface area contributed by atoms with Gasteiger partial charge in [0.1, 0.15) is 35.5 Å². The van der Waals surface area contributed by atoms with Crippen LogP contribution in [-0.4, -0.2) is 109 Å². The highest BCUT2D eigenvalue weighted by Crippen LogP contribution is 2.26. The molecule has 21 heteroatoms. The normalized spacial score (nSPS) is 13.9. The van der Waals surface area contributed by atoms with Crippen LogP contribution in [0.25, 0.3) is 0 Å². The van der Waals surface area contributed by atoms with Crippen LogP contribution in [0.4, 0.5) is 9.59 Å². The third kappa shape index (κ3) is 19.2. The van der Waals surface area contributed by atoms with Crippen LogP contribution in [0, 0.1) is 5.41 Å². The Balaban J connectivity index is 0.000000775. The summed E-state index contributed by atoms with van der Waals surface area (Å²) in [5, 5.41) is 25.5. The molecule has 0 spiro atoms. The van der Waals surface area contributed by atoms with Gasteiger partial charge in [-0.05, 0) is 48.5 Å². The first-order valence-electron chi connectivity index (χ1n) is 15.2. The Labute approximate surface area is 310 Å². The Kier molecular flexibility index (Phi) is 20.8. The van der Waals surface area contributed by atoms with Crippen molar-refractivity contribution in [3.05, 3.63) is 32.2 Å². The lowest BCUT2D eigenvalue weighted by Crippen LogP contribution is -3.00. The Hall–Kier alpha value is -4.11. The van der Waals surface area contributed by atoms with Gasteiger partial charge in [0.2, 0.25) is 11.8 Å². The van der Waals surface area contributed by atoms with Crippen molar-refractivity contribution in [1.29, 1.82) is 5.41 Å². The number of alkyl carbamates (subject to hydrolysis) is 2. The van der Waals surface area contributed by atoms with Gasteiger partial charge in [0.05, 0.1) is 33.9 Å². The maximum atomic E-state index is 11.6. The molecule has 3 rings (SSSR count). The second kappa shape index (κ2) is 22.7. The monoisotopic (exact) mass is 781 g/mol. The number of rotatable bonds is 10. The largest absolute Gasteiger partial charge is 1.00 e. The zero-order valence-electron chi connectivity index (χ0n) is 30.1. The van der Waals surface area contributed by atoms with E-state index in [0.717, 1.165) is 0 Å². The van der Waals surface area contributed by atoms with Crippen LogP contribution < -0.4 is 28.8 Å². The SMILES string of the molecule is CCOC(=N)CNC(=O)OC(C)(C)C.COC(=O)c1csc(C([NH3+])CO)n1.COC(=O)c1csc(C2COC(CNC(=O)OC(C)(C)C)=N2)n1.[Cl-]. The van der Waals surface area contributed by atoms with Crippen LogP contribution in [-0.2, 0) is 28.4 Å². The Morgan fingerprint density at radius 3 is 2.02 bits per heavy atom. The van der Waals surface area contributed by atoms with E-state index in [1.807, 2.05) is 0 Å². The number of carbonyl (C=O) groups is 4. The van der Waals surface area contributed by atoms with Crippen molar-refractivity contribution in [2.45, 2.75) is 71.8 Å². The van der Waals surface area contributed by atoms with Gasteiger partial charge < -0.3 is 62.3 Å². The molecular formula is C30H48ClN7O11S2. The number of nitrogens with one attached hydrogen (secondary N) is 3. The maximum absolute atomic E-state index is 11.6. The minimum absolute atomic E-state index is 0. The van der Waals surface area contributed by atoms with Gasteiger partial charge in [-0.15, -0.1) is 22.7 Å². The van der Waals surface area contributed by atoms with Gasteiger partial charge in [-0.25, -0.2) is 34.1 Å². The Morgan fingerprint density at radius 2 is 1.51 bits per heavy atom. The Bertz CT molecular complexity index is 1460. The fourth-order valence-corrected chi connectivity index (χ4v) is 4.80. The number of thiazole rings is 2. The first kappa shape index (κ1) is 46.9. The van der Waals surface area contributed by atoms with Crippen molar-refractivity contribution in [2.24, 2.45) is 4.99 Å². The van der Waals surface area contributed by atoms with E-state index in [1.54, 1.807) is 59.2 Å². The summed E-state index contributed by atoms with van der Waals surface area (Å²) in [6.45, 7) is 13.3. The summed E-state index contributed by atoms with van der Waals surface area (Å²) < 4.78 is 29.5. The summed E-state index contributed by atoms with van der Waals surface area (Å²) in [5.74, 6) is -0.524. The first-order valence-corrected chi connectivity index (χ1v) is 16.9. The second-order valence-corrected chi connectivity index (χ2v) is 13.7. The van der Waals surface area contributed by atoms with Gasteiger partial charge in [0, 0.05) is 10.8 Å². The van der Waals surface area contributed by atoms with E-state index in [2.05, 4.69) is 40.8 Å². The summed E-state index contributed by atoms with van der Waals surface area (Å²) in [7, 11) is 2.60. The number of hydrogen-bond donors (Lipinski definition) is 5. The van der Waals surface area contributed by atoms with Crippen molar-refractivity contribution < 1.29 is 70.8 Å². The predicted octanol–water partition coefficient (Wildman–Crippen LogP) is -0.342. The zero-order valence-corrected chi connectivity index (χ0v) is 32.5. The molecular weight excluding hydrogens is 734 g/mol. The number of aliphatic hydroxyl groups is 1. The van der Waals surface area contributed by atoms with E-state index in [-0.39, 0.29) is 61.5 Å². The minimum atomic E-state index is -0.559. The number of methoxy groups -OCH3 is 2. The smallest absolute Gasteiger partial charge is 0.408 e. The molecule has 0 saturated carbocycles. The van der Waals surface area contributed by atoms with Crippen LogP contribution in [0.3, 0.4) is 0 Å². The number of hydrogen-bond acceptors (Lipinski definition) is 17. The van der Waals surface area contributed by atoms with E-state index in [0.29, 0.717) is 29.1 Å². The molecule has 0 bridgehead atoms. The Morgan fingerprint density at radius 1 is 0.980 bits per heavy atom. The zero-order chi connectivity index (χ0) is 38.1. The van der Waals surface area contributed by atoms with E-state index < -0.39 is 35.3 Å². The number of carbonyl (C=O) groups excluding carboxylic acids is 4. The molecule has 18 nitrogen and oxygen atoms in total. The fraction of sp³-hybridized carbons (Fsp3) is 0.600. The molecule has 0 saturated heterocycles. The molecule has 7 N–H and O–H groups in total. The summed E-state index contributed by atoms with van der Waals surface area (Å²) in [5.41, 5.74) is 3.12. The summed E-state index contributed by atoms with van der Waals surface area (Å²) in [4.78, 5) is 57.5. The lowest BCUT2D eigenvalue weighted by atomic mass is 10.2. The van der Waals surface area contributed by atoms with Crippen molar-refractivity contribution >= 4 is 58.6 Å². The fourth-order valence-electron chi connectivity index (χ4n) is 3.19. The van der Waals surface area contributed by atoms with Gasteiger partial charge in [0.15, 0.2) is 22.4 Å². The molecule has 1 aliphatic rings. The second-order valence-electron chi connectivity index (χ2n) is 11.9. The standard InChI is InChI=1S/C14H19N3O5S.C9H18N2O3.C7H10N2O3S.ClH/c1-14(2,3)22-13(19)15-5-10-16-8(6-21-10)11-17-9(7-23-11)12(18)20-4;1-5-13-7(10)6-11-8(12)14-9(2,3)4;1-12-7(11)5-3-13-6(9-5)4(8)2-10;/h7-8H,5-6H2,1-4H3,(H,15,19);10H,5-6H2,1-4H3,(H,11,12);3-4,10H,2,8H2,1H3;1H. The quantitative estimate of drug-likeness (QED) is 0.0896. The maximum Gasteiger partial charge on any atom is 0.408 e. The van der Waals surface area contributed by atoms with E-state index in [4.69, 9.17) is 29.5 Å². The number of esters is 2. The minimum Gasteiger partial charge on any atom is -1.00 e.